The predicted octanol–water partition coefficient (Wildman–Crippen LogP) is 4.18. The summed E-state index contributed by atoms with van der Waals surface area (Å²) < 4.78 is 11.9. The smallest absolute Gasteiger partial charge is 0.338 e. The number of ether oxygens (including phenoxy) is 2. The molecule has 1 atom stereocenters. The molecule has 0 unspecified atom stereocenters. The lowest BCUT2D eigenvalue weighted by Gasteiger charge is -2.33. The number of hydrogen-bond donors (Lipinski definition) is 0. The minimum atomic E-state index is -0.913. The van der Waals surface area contributed by atoms with E-state index < -0.39 is 11.4 Å². The summed E-state index contributed by atoms with van der Waals surface area (Å²) in [6, 6.07) is 12.0. The van der Waals surface area contributed by atoms with Gasteiger partial charge in [-0.25, -0.2) is 4.79 Å². The molecule has 0 fully saturated rings. The summed E-state index contributed by atoms with van der Waals surface area (Å²) in [5.41, 5.74) is 0.211. The van der Waals surface area contributed by atoms with Crippen LogP contribution in [0.4, 0.5) is 0 Å². The molecule has 1 aliphatic rings. The molecule has 0 saturated carbocycles. The SMILES string of the molecule is O=C[C@]1(COC(=O)c2ccc(Br)cc2)CCOc2cc(Cl)ccc21. The third kappa shape index (κ3) is 3.32. The average Bonchev–Trinajstić information content (AvgIpc) is 2.59. The van der Waals surface area contributed by atoms with Crippen LogP contribution in [0.5, 0.6) is 5.75 Å². The van der Waals surface area contributed by atoms with Crippen molar-refractivity contribution in [3.63, 3.8) is 0 Å². The molecule has 1 aliphatic heterocycles. The maximum Gasteiger partial charge on any atom is 0.338 e. The van der Waals surface area contributed by atoms with Gasteiger partial charge < -0.3 is 14.3 Å². The maximum absolute atomic E-state index is 12.2. The van der Waals surface area contributed by atoms with Crippen molar-refractivity contribution in [2.45, 2.75) is 11.8 Å². The predicted molar refractivity (Wildman–Crippen MR) is 93.7 cm³/mol. The second kappa shape index (κ2) is 6.95. The monoisotopic (exact) mass is 408 g/mol. The molecule has 0 bridgehead atoms. The molecule has 0 amide bonds. The molecular formula is C18H14BrClO4. The molecule has 0 aromatic heterocycles. The Balaban J connectivity index is 1.81. The lowest BCUT2D eigenvalue weighted by atomic mass is 9.78. The maximum atomic E-state index is 12.2. The molecule has 2 aromatic rings. The molecule has 1 heterocycles. The van der Waals surface area contributed by atoms with E-state index in [0.717, 1.165) is 10.8 Å². The highest BCUT2D eigenvalue weighted by molar-refractivity contribution is 9.10. The van der Waals surface area contributed by atoms with Gasteiger partial charge in [-0.2, -0.15) is 0 Å². The summed E-state index contributed by atoms with van der Waals surface area (Å²) >= 11 is 9.29. The number of carbonyl (C=O) groups is 2. The van der Waals surface area contributed by atoms with E-state index in [0.29, 0.717) is 34.9 Å². The van der Waals surface area contributed by atoms with Gasteiger partial charge in [0.2, 0.25) is 0 Å². The van der Waals surface area contributed by atoms with Crippen molar-refractivity contribution < 1.29 is 19.1 Å². The lowest BCUT2D eigenvalue weighted by Crippen LogP contribution is -2.39. The molecule has 0 spiro atoms. The van der Waals surface area contributed by atoms with Crippen LogP contribution in [-0.4, -0.2) is 25.5 Å². The molecule has 0 aliphatic carbocycles. The van der Waals surface area contributed by atoms with Gasteiger partial charge in [0.15, 0.2) is 0 Å². The summed E-state index contributed by atoms with van der Waals surface area (Å²) in [5, 5.41) is 0.530. The van der Waals surface area contributed by atoms with Crippen LogP contribution in [0.3, 0.4) is 0 Å². The van der Waals surface area contributed by atoms with Gasteiger partial charge >= 0.3 is 5.97 Å². The van der Waals surface area contributed by atoms with Crippen molar-refractivity contribution in [3.8, 4) is 5.75 Å². The number of esters is 1. The summed E-state index contributed by atoms with van der Waals surface area (Å²) in [4.78, 5) is 24.1. The second-order valence-electron chi connectivity index (χ2n) is 5.60. The normalized spacial score (nSPS) is 19.1. The Morgan fingerprint density at radius 3 is 2.75 bits per heavy atom. The van der Waals surface area contributed by atoms with Crippen LogP contribution in [0.2, 0.25) is 5.02 Å². The Kier molecular flexibility index (Phi) is 4.92. The van der Waals surface area contributed by atoms with E-state index in [1.165, 1.54) is 0 Å². The van der Waals surface area contributed by atoms with Crippen molar-refractivity contribution in [3.05, 3.63) is 63.1 Å². The van der Waals surface area contributed by atoms with Gasteiger partial charge in [0.25, 0.3) is 0 Å². The van der Waals surface area contributed by atoms with E-state index in [2.05, 4.69) is 15.9 Å². The van der Waals surface area contributed by atoms with Crippen molar-refractivity contribution in [1.82, 2.24) is 0 Å². The van der Waals surface area contributed by atoms with Crippen molar-refractivity contribution >= 4 is 39.8 Å². The Hall–Kier alpha value is -1.85. The quantitative estimate of drug-likeness (QED) is 0.561. The third-order valence-corrected chi connectivity index (χ3v) is 4.82. The topological polar surface area (TPSA) is 52.6 Å². The first-order chi connectivity index (χ1) is 11.5. The van der Waals surface area contributed by atoms with Crippen molar-refractivity contribution in [2.75, 3.05) is 13.2 Å². The molecule has 2 aromatic carbocycles. The Bertz CT molecular complexity index is 775. The number of rotatable bonds is 4. The molecule has 3 rings (SSSR count). The van der Waals surface area contributed by atoms with Crippen LogP contribution in [0.15, 0.2) is 46.9 Å². The number of carbonyl (C=O) groups excluding carboxylic acids is 2. The van der Waals surface area contributed by atoms with Gasteiger partial charge in [-0.15, -0.1) is 0 Å². The van der Waals surface area contributed by atoms with Gasteiger partial charge in [-0.05, 0) is 36.4 Å². The summed E-state index contributed by atoms with van der Waals surface area (Å²) in [7, 11) is 0. The second-order valence-corrected chi connectivity index (χ2v) is 6.95. The fourth-order valence-electron chi connectivity index (χ4n) is 2.67. The average molecular weight is 410 g/mol. The Morgan fingerprint density at radius 1 is 1.29 bits per heavy atom. The van der Waals surface area contributed by atoms with Gasteiger partial charge in [0.1, 0.15) is 18.6 Å². The van der Waals surface area contributed by atoms with Crippen LogP contribution in [0.1, 0.15) is 22.3 Å². The molecule has 0 N–H and O–H groups in total. The van der Waals surface area contributed by atoms with Crippen molar-refractivity contribution in [1.29, 1.82) is 0 Å². The van der Waals surface area contributed by atoms with Gasteiger partial charge in [-0.3, -0.25) is 0 Å². The number of aldehydes is 1. The van der Waals surface area contributed by atoms with Crippen LogP contribution in [-0.2, 0) is 14.9 Å². The van der Waals surface area contributed by atoms with Crippen LogP contribution in [0.25, 0.3) is 0 Å². The summed E-state index contributed by atoms with van der Waals surface area (Å²) in [6.07, 6.45) is 1.27. The zero-order valence-electron chi connectivity index (χ0n) is 12.6. The van der Waals surface area contributed by atoms with E-state index in [-0.39, 0.29) is 6.61 Å². The molecule has 0 saturated heterocycles. The molecule has 4 nitrogen and oxygen atoms in total. The standard InChI is InChI=1S/C18H14BrClO4/c19-13-3-1-12(2-4-13)17(22)24-11-18(10-21)7-8-23-16-9-14(20)5-6-15(16)18/h1-6,9-10H,7-8,11H2/t18-/m0/s1. The van der Waals surface area contributed by atoms with Crippen LogP contribution in [0, 0.1) is 0 Å². The van der Waals surface area contributed by atoms with Gasteiger partial charge in [-0.1, -0.05) is 33.6 Å². The molecular weight excluding hydrogens is 396 g/mol. The zero-order chi connectivity index (χ0) is 17.2. The first-order valence-electron chi connectivity index (χ1n) is 7.36. The van der Waals surface area contributed by atoms with E-state index >= 15 is 0 Å². The first kappa shape index (κ1) is 17.0. The summed E-state index contributed by atoms with van der Waals surface area (Å²) in [6.45, 7) is 0.325. The molecule has 0 radical (unpaired) electrons. The first-order valence-corrected chi connectivity index (χ1v) is 8.53. The van der Waals surface area contributed by atoms with Gasteiger partial charge in [0.05, 0.1) is 17.6 Å². The molecule has 24 heavy (non-hydrogen) atoms. The highest BCUT2D eigenvalue weighted by Gasteiger charge is 2.39. The third-order valence-electron chi connectivity index (χ3n) is 4.05. The van der Waals surface area contributed by atoms with Crippen molar-refractivity contribution in [2.24, 2.45) is 0 Å². The van der Waals surface area contributed by atoms with Gasteiger partial charge in [0, 0.05) is 21.5 Å². The minimum Gasteiger partial charge on any atom is -0.493 e. The van der Waals surface area contributed by atoms with E-state index in [1.54, 1.807) is 42.5 Å². The number of fused-ring (bicyclic) bond motifs is 1. The Labute approximate surface area is 152 Å². The zero-order valence-corrected chi connectivity index (χ0v) is 15.0. The largest absolute Gasteiger partial charge is 0.493 e. The number of benzene rings is 2. The Morgan fingerprint density at radius 2 is 2.04 bits per heavy atom. The number of halogens is 2. The highest BCUT2D eigenvalue weighted by atomic mass is 79.9. The molecule has 6 heteroatoms. The number of hydrogen-bond acceptors (Lipinski definition) is 4. The van der Waals surface area contributed by atoms with E-state index in [1.807, 2.05) is 0 Å². The molecule has 124 valence electrons. The minimum absolute atomic E-state index is 0.0383. The van der Waals surface area contributed by atoms with Crippen LogP contribution >= 0.6 is 27.5 Å². The van der Waals surface area contributed by atoms with Crippen LogP contribution < -0.4 is 4.74 Å². The fraction of sp³-hybridized carbons (Fsp3) is 0.222. The van der Waals surface area contributed by atoms with E-state index in [4.69, 9.17) is 21.1 Å². The highest BCUT2D eigenvalue weighted by Crippen LogP contribution is 2.39. The fourth-order valence-corrected chi connectivity index (χ4v) is 3.10. The lowest BCUT2D eigenvalue weighted by molar-refractivity contribution is -0.115. The summed E-state index contributed by atoms with van der Waals surface area (Å²) in [5.74, 6) is 0.0891. The van der Waals surface area contributed by atoms with E-state index in [9.17, 15) is 9.59 Å².